The lowest BCUT2D eigenvalue weighted by atomic mass is 10.1. The summed E-state index contributed by atoms with van der Waals surface area (Å²) in [4.78, 5) is 0.335. The maximum Gasteiger partial charge on any atom is 0.241 e. The summed E-state index contributed by atoms with van der Waals surface area (Å²) in [5, 5.41) is 0. The summed E-state index contributed by atoms with van der Waals surface area (Å²) in [5.41, 5.74) is 3.70. The van der Waals surface area contributed by atoms with Gasteiger partial charge in [-0.05, 0) is 67.1 Å². The molecular weight excluding hydrogens is 338 g/mol. The van der Waals surface area contributed by atoms with Crippen LogP contribution in [0.5, 0.6) is 11.5 Å². The normalized spacial score (nSPS) is 16.6. The van der Waals surface area contributed by atoms with E-state index in [1.165, 1.54) is 0 Å². The Labute approximate surface area is 149 Å². The van der Waals surface area contributed by atoms with Crippen LogP contribution in [0.3, 0.4) is 0 Å². The van der Waals surface area contributed by atoms with Gasteiger partial charge in [-0.25, -0.2) is 13.1 Å². The van der Waals surface area contributed by atoms with Crippen LogP contribution >= 0.6 is 0 Å². The Bertz CT molecular complexity index is 906. The van der Waals surface area contributed by atoms with Crippen LogP contribution in [0, 0.1) is 13.8 Å². The number of rotatable bonds is 5. The van der Waals surface area contributed by atoms with Crippen molar-refractivity contribution in [1.82, 2.24) is 4.72 Å². The summed E-state index contributed by atoms with van der Waals surface area (Å²) >= 11 is 0. The van der Waals surface area contributed by atoms with Gasteiger partial charge in [-0.15, -0.1) is 0 Å². The Balaban J connectivity index is 1.95. The van der Waals surface area contributed by atoms with E-state index < -0.39 is 10.0 Å². The van der Waals surface area contributed by atoms with E-state index in [0.717, 1.165) is 35.1 Å². The molecule has 1 aliphatic rings. The molecular formula is C19H23NO4S. The van der Waals surface area contributed by atoms with Gasteiger partial charge in [0.2, 0.25) is 10.0 Å². The fourth-order valence-electron chi connectivity index (χ4n) is 3.30. The first-order valence-corrected chi connectivity index (χ1v) is 9.68. The van der Waals surface area contributed by atoms with Crippen molar-refractivity contribution in [3.05, 3.63) is 52.6 Å². The third-order valence-electron chi connectivity index (χ3n) is 4.65. The summed E-state index contributed by atoms with van der Waals surface area (Å²) in [6, 6.07) is 9.00. The van der Waals surface area contributed by atoms with Gasteiger partial charge < -0.3 is 9.47 Å². The first-order chi connectivity index (χ1) is 11.9. The fourth-order valence-corrected chi connectivity index (χ4v) is 4.88. The van der Waals surface area contributed by atoms with Gasteiger partial charge in [0.05, 0.1) is 19.1 Å². The van der Waals surface area contributed by atoms with E-state index in [0.29, 0.717) is 16.4 Å². The lowest BCUT2D eigenvalue weighted by Crippen LogP contribution is -2.28. The molecule has 0 fully saturated rings. The minimum absolute atomic E-state index is 0.264. The first kappa shape index (κ1) is 17.8. The van der Waals surface area contributed by atoms with Crippen molar-refractivity contribution in [2.24, 2.45) is 0 Å². The summed E-state index contributed by atoms with van der Waals surface area (Å²) in [5.74, 6) is 1.28. The predicted molar refractivity (Wildman–Crippen MR) is 96.8 cm³/mol. The Morgan fingerprint density at radius 1 is 1.04 bits per heavy atom. The number of benzene rings is 2. The van der Waals surface area contributed by atoms with Crippen LogP contribution < -0.4 is 14.2 Å². The van der Waals surface area contributed by atoms with Gasteiger partial charge in [0.25, 0.3) is 0 Å². The summed E-state index contributed by atoms with van der Waals surface area (Å²) in [7, 11) is -0.422. The minimum Gasteiger partial charge on any atom is -0.493 e. The van der Waals surface area contributed by atoms with Crippen molar-refractivity contribution in [1.29, 1.82) is 0 Å². The monoisotopic (exact) mass is 361 g/mol. The highest BCUT2D eigenvalue weighted by Gasteiger charge is 2.29. The van der Waals surface area contributed by atoms with Crippen LogP contribution in [0.25, 0.3) is 0 Å². The number of fused-ring (bicyclic) bond motifs is 1. The third-order valence-corrected chi connectivity index (χ3v) is 6.27. The topological polar surface area (TPSA) is 64.6 Å². The van der Waals surface area contributed by atoms with E-state index >= 15 is 0 Å². The number of nitrogens with one attached hydrogen (secondary N) is 1. The van der Waals surface area contributed by atoms with Crippen LogP contribution in [-0.4, -0.2) is 22.6 Å². The molecule has 1 unspecified atom stereocenters. The average Bonchev–Trinajstić information content (AvgIpc) is 2.96. The van der Waals surface area contributed by atoms with Gasteiger partial charge in [0, 0.05) is 6.04 Å². The van der Waals surface area contributed by atoms with Crippen LogP contribution in [-0.2, 0) is 16.4 Å². The Morgan fingerprint density at radius 3 is 2.40 bits per heavy atom. The average molecular weight is 361 g/mol. The third kappa shape index (κ3) is 3.37. The van der Waals surface area contributed by atoms with Crippen LogP contribution in [0.4, 0.5) is 0 Å². The molecule has 0 bridgehead atoms. The van der Waals surface area contributed by atoms with Crippen LogP contribution in [0.1, 0.15) is 34.7 Å². The van der Waals surface area contributed by atoms with Gasteiger partial charge in [-0.2, -0.15) is 0 Å². The number of hydrogen-bond acceptors (Lipinski definition) is 4. The number of methoxy groups -OCH3 is 2. The lowest BCUT2D eigenvalue weighted by molar-refractivity contribution is 0.354. The highest BCUT2D eigenvalue weighted by atomic mass is 32.2. The second kappa shape index (κ2) is 6.69. The highest BCUT2D eigenvalue weighted by molar-refractivity contribution is 7.89. The van der Waals surface area contributed by atoms with Gasteiger partial charge in [0.1, 0.15) is 0 Å². The summed E-state index contributed by atoms with van der Waals surface area (Å²) in [6.45, 7) is 3.70. The molecule has 0 aliphatic heterocycles. The van der Waals surface area contributed by atoms with Gasteiger partial charge in [-0.3, -0.25) is 0 Å². The molecule has 2 aromatic rings. The molecule has 0 saturated carbocycles. The molecule has 1 aliphatic carbocycles. The maximum absolute atomic E-state index is 12.9. The molecule has 6 heteroatoms. The molecule has 1 atom stereocenters. The standard InChI is InChI=1S/C19H23NO4S/c1-12-5-6-13(2)19(9-12)25(21,22)20-16-8-7-14-10-17(23-3)18(24-4)11-15(14)16/h5-6,9-11,16,20H,7-8H2,1-4H3. The Morgan fingerprint density at radius 2 is 1.72 bits per heavy atom. The molecule has 3 rings (SSSR count). The van der Waals surface area contributed by atoms with E-state index in [1.807, 2.05) is 38.1 Å². The van der Waals surface area contributed by atoms with E-state index in [1.54, 1.807) is 20.3 Å². The van der Waals surface area contributed by atoms with Crippen molar-refractivity contribution in [3.63, 3.8) is 0 Å². The summed E-state index contributed by atoms with van der Waals surface area (Å²) < 4.78 is 39.3. The molecule has 25 heavy (non-hydrogen) atoms. The second-order valence-electron chi connectivity index (χ2n) is 6.39. The van der Waals surface area contributed by atoms with Crippen molar-refractivity contribution >= 4 is 10.0 Å². The molecule has 0 heterocycles. The zero-order chi connectivity index (χ0) is 18.2. The van der Waals surface area contributed by atoms with E-state index in [9.17, 15) is 8.42 Å². The SMILES string of the molecule is COc1cc2c(cc1OC)C(NS(=O)(=O)c1cc(C)ccc1C)CC2. The van der Waals surface area contributed by atoms with E-state index in [-0.39, 0.29) is 6.04 Å². The van der Waals surface area contributed by atoms with Gasteiger partial charge in [-0.1, -0.05) is 12.1 Å². The quantitative estimate of drug-likeness (QED) is 0.888. The summed E-state index contributed by atoms with van der Waals surface area (Å²) in [6.07, 6.45) is 1.52. The molecule has 0 aromatic heterocycles. The zero-order valence-electron chi connectivity index (χ0n) is 14.9. The smallest absolute Gasteiger partial charge is 0.241 e. The second-order valence-corrected chi connectivity index (χ2v) is 8.07. The largest absolute Gasteiger partial charge is 0.493 e. The Hall–Kier alpha value is -2.05. The first-order valence-electron chi connectivity index (χ1n) is 8.20. The van der Waals surface area contributed by atoms with Crippen LogP contribution in [0.15, 0.2) is 35.2 Å². The number of ether oxygens (including phenoxy) is 2. The highest BCUT2D eigenvalue weighted by Crippen LogP contribution is 2.40. The Kier molecular flexibility index (Phi) is 4.75. The molecule has 0 radical (unpaired) electrons. The minimum atomic E-state index is -3.60. The molecule has 0 amide bonds. The zero-order valence-corrected chi connectivity index (χ0v) is 15.7. The molecule has 5 nitrogen and oxygen atoms in total. The number of aryl methyl sites for hydroxylation is 3. The fraction of sp³-hybridized carbons (Fsp3) is 0.368. The molecule has 0 saturated heterocycles. The number of hydrogen-bond donors (Lipinski definition) is 1. The molecule has 2 aromatic carbocycles. The van der Waals surface area contributed by atoms with Crippen molar-refractivity contribution < 1.29 is 17.9 Å². The molecule has 0 spiro atoms. The van der Waals surface area contributed by atoms with Gasteiger partial charge >= 0.3 is 0 Å². The predicted octanol–water partition coefficient (Wildman–Crippen LogP) is 3.29. The lowest BCUT2D eigenvalue weighted by Gasteiger charge is -2.17. The molecule has 1 N–H and O–H groups in total. The van der Waals surface area contributed by atoms with Gasteiger partial charge in [0.15, 0.2) is 11.5 Å². The van der Waals surface area contributed by atoms with Crippen molar-refractivity contribution in [2.45, 2.75) is 37.6 Å². The van der Waals surface area contributed by atoms with Crippen LogP contribution in [0.2, 0.25) is 0 Å². The van der Waals surface area contributed by atoms with Crippen molar-refractivity contribution in [2.75, 3.05) is 14.2 Å². The van der Waals surface area contributed by atoms with Crippen molar-refractivity contribution in [3.8, 4) is 11.5 Å². The number of sulfonamides is 1. The van der Waals surface area contributed by atoms with E-state index in [4.69, 9.17) is 9.47 Å². The maximum atomic E-state index is 12.9. The molecule has 134 valence electrons. The van der Waals surface area contributed by atoms with E-state index in [2.05, 4.69) is 4.72 Å².